The molecule has 116 valence electrons. The lowest BCUT2D eigenvalue weighted by molar-refractivity contribution is -0.116. The Kier molecular flexibility index (Phi) is 6.14. The molecule has 0 spiro atoms. The van der Waals surface area contributed by atoms with E-state index in [-0.39, 0.29) is 11.4 Å². The molecule has 1 amide bonds. The average Bonchev–Trinajstić information content (AvgIpc) is 2.36. The smallest absolute Gasteiger partial charge is 0.227 e. The normalized spacial score (nSPS) is 12.0. The maximum Gasteiger partial charge on any atom is 0.227 e. The molecule has 1 aromatic heterocycles. The van der Waals surface area contributed by atoms with E-state index in [0.717, 1.165) is 5.69 Å². The Bertz CT molecular complexity index is 505. The minimum absolute atomic E-state index is 0.0738. The first kappa shape index (κ1) is 16.9. The summed E-state index contributed by atoms with van der Waals surface area (Å²) in [5, 5.41) is 9.12. The number of guanidine groups is 1. The van der Waals surface area contributed by atoms with Crippen LogP contribution in [0.3, 0.4) is 0 Å². The van der Waals surface area contributed by atoms with Crippen molar-refractivity contribution in [2.24, 2.45) is 4.99 Å². The summed E-state index contributed by atoms with van der Waals surface area (Å²) in [6.45, 7) is 8.55. The number of aliphatic imine (C=N–C) groups is 1. The number of hydrogen-bond donors (Lipinski definition) is 3. The number of aryl methyl sites for hydroxylation is 1. The van der Waals surface area contributed by atoms with Gasteiger partial charge in [0.15, 0.2) is 5.96 Å². The van der Waals surface area contributed by atoms with Gasteiger partial charge in [-0.05, 0) is 39.8 Å². The first-order chi connectivity index (χ1) is 9.80. The number of aromatic nitrogens is 1. The van der Waals surface area contributed by atoms with Crippen LogP contribution in [0.4, 0.5) is 5.82 Å². The van der Waals surface area contributed by atoms with E-state index in [4.69, 9.17) is 0 Å². The van der Waals surface area contributed by atoms with Crippen molar-refractivity contribution in [2.45, 2.75) is 39.7 Å². The van der Waals surface area contributed by atoms with E-state index in [0.29, 0.717) is 24.7 Å². The van der Waals surface area contributed by atoms with Crippen LogP contribution in [0.1, 0.15) is 32.9 Å². The van der Waals surface area contributed by atoms with Gasteiger partial charge in [-0.15, -0.1) is 0 Å². The molecule has 0 unspecified atom stereocenters. The van der Waals surface area contributed by atoms with E-state index in [1.165, 1.54) is 0 Å². The fraction of sp³-hybridized carbons (Fsp3) is 0.533. The van der Waals surface area contributed by atoms with Gasteiger partial charge in [0, 0.05) is 31.2 Å². The predicted octanol–water partition coefficient (Wildman–Crippen LogP) is 1.68. The van der Waals surface area contributed by atoms with Crippen LogP contribution in [0.15, 0.2) is 23.2 Å². The van der Waals surface area contributed by atoms with Gasteiger partial charge in [-0.25, -0.2) is 4.98 Å². The summed E-state index contributed by atoms with van der Waals surface area (Å²) in [7, 11) is 1.71. The Labute approximate surface area is 126 Å². The minimum Gasteiger partial charge on any atom is -0.356 e. The number of carbonyl (C=O) groups is 1. The Balaban J connectivity index is 2.36. The lowest BCUT2D eigenvalue weighted by atomic mass is 10.1. The van der Waals surface area contributed by atoms with Gasteiger partial charge in [0.1, 0.15) is 5.82 Å². The number of carbonyl (C=O) groups excluding carboxylic acids is 1. The van der Waals surface area contributed by atoms with Crippen LogP contribution in [-0.4, -0.2) is 36.0 Å². The number of amides is 1. The van der Waals surface area contributed by atoms with Crippen molar-refractivity contribution in [1.29, 1.82) is 0 Å². The van der Waals surface area contributed by atoms with Crippen molar-refractivity contribution < 1.29 is 4.79 Å². The van der Waals surface area contributed by atoms with E-state index < -0.39 is 0 Å². The topological polar surface area (TPSA) is 78.4 Å². The van der Waals surface area contributed by atoms with Crippen LogP contribution in [0, 0.1) is 6.92 Å². The van der Waals surface area contributed by atoms with Gasteiger partial charge in [-0.3, -0.25) is 9.79 Å². The molecule has 0 fully saturated rings. The van der Waals surface area contributed by atoms with Crippen molar-refractivity contribution >= 4 is 17.7 Å². The van der Waals surface area contributed by atoms with Gasteiger partial charge in [0.05, 0.1) is 0 Å². The molecule has 0 saturated heterocycles. The van der Waals surface area contributed by atoms with Crippen molar-refractivity contribution in [3.8, 4) is 0 Å². The Morgan fingerprint density at radius 2 is 2.05 bits per heavy atom. The third kappa shape index (κ3) is 7.29. The van der Waals surface area contributed by atoms with Crippen molar-refractivity contribution in [3.63, 3.8) is 0 Å². The van der Waals surface area contributed by atoms with Crippen LogP contribution >= 0.6 is 0 Å². The number of rotatable bonds is 4. The lowest BCUT2D eigenvalue weighted by Crippen LogP contribution is -2.48. The summed E-state index contributed by atoms with van der Waals surface area (Å²) in [6, 6.07) is 5.53. The molecule has 3 N–H and O–H groups in total. The molecule has 6 heteroatoms. The predicted molar refractivity (Wildman–Crippen MR) is 86.5 cm³/mol. The molecule has 0 radical (unpaired) electrons. The molecule has 0 aromatic carbocycles. The highest BCUT2D eigenvalue weighted by Crippen LogP contribution is 2.04. The van der Waals surface area contributed by atoms with Gasteiger partial charge in [0.2, 0.25) is 5.91 Å². The zero-order valence-electron chi connectivity index (χ0n) is 13.4. The molecule has 6 nitrogen and oxygen atoms in total. The molecule has 21 heavy (non-hydrogen) atoms. The molecule has 0 aliphatic heterocycles. The van der Waals surface area contributed by atoms with Gasteiger partial charge in [-0.2, -0.15) is 0 Å². The second kappa shape index (κ2) is 7.61. The first-order valence-electron chi connectivity index (χ1n) is 7.02. The molecule has 1 aromatic rings. The van der Waals surface area contributed by atoms with E-state index in [1.54, 1.807) is 13.1 Å². The van der Waals surface area contributed by atoms with Gasteiger partial charge >= 0.3 is 0 Å². The monoisotopic (exact) mass is 291 g/mol. The lowest BCUT2D eigenvalue weighted by Gasteiger charge is -2.23. The zero-order chi connectivity index (χ0) is 15.9. The molecule has 0 saturated carbocycles. The molecular formula is C15H25N5O. The van der Waals surface area contributed by atoms with Crippen molar-refractivity contribution in [3.05, 3.63) is 23.9 Å². The van der Waals surface area contributed by atoms with Crippen LogP contribution in [-0.2, 0) is 4.79 Å². The quantitative estimate of drug-likeness (QED) is 0.582. The van der Waals surface area contributed by atoms with E-state index in [2.05, 4.69) is 46.7 Å². The zero-order valence-corrected chi connectivity index (χ0v) is 13.4. The highest BCUT2D eigenvalue weighted by atomic mass is 16.1. The summed E-state index contributed by atoms with van der Waals surface area (Å²) in [4.78, 5) is 20.2. The summed E-state index contributed by atoms with van der Waals surface area (Å²) in [6.07, 6.45) is 0.348. The maximum atomic E-state index is 11.8. The standard InChI is InChI=1S/C15H25N5O/c1-11-7-6-8-12(18-11)19-13(21)9-10-17-14(16-5)20-15(2,3)4/h6-8H,9-10H2,1-5H3,(H2,16,17,20)(H,18,19,21). The molecule has 1 rings (SSSR count). The van der Waals surface area contributed by atoms with Crippen molar-refractivity contribution in [2.75, 3.05) is 18.9 Å². The van der Waals surface area contributed by atoms with Gasteiger partial charge < -0.3 is 16.0 Å². The Morgan fingerprint density at radius 1 is 1.33 bits per heavy atom. The van der Waals surface area contributed by atoms with Crippen LogP contribution < -0.4 is 16.0 Å². The molecule has 0 aliphatic rings. The minimum atomic E-state index is -0.0770. The number of nitrogens with one attached hydrogen (secondary N) is 3. The van der Waals surface area contributed by atoms with Crippen molar-refractivity contribution in [1.82, 2.24) is 15.6 Å². The van der Waals surface area contributed by atoms with Gasteiger partial charge in [0.25, 0.3) is 0 Å². The molecule has 1 heterocycles. The Morgan fingerprint density at radius 3 is 2.62 bits per heavy atom. The number of pyridine rings is 1. The summed E-state index contributed by atoms with van der Waals surface area (Å²) >= 11 is 0. The molecule has 0 aliphatic carbocycles. The third-order valence-electron chi connectivity index (χ3n) is 2.52. The second-order valence-corrected chi connectivity index (χ2v) is 5.84. The maximum absolute atomic E-state index is 11.8. The number of anilines is 1. The fourth-order valence-corrected chi connectivity index (χ4v) is 1.65. The molecule has 0 atom stereocenters. The van der Waals surface area contributed by atoms with Crippen LogP contribution in [0.2, 0.25) is 0 Å². The van der Waals surface area contributed by atoms with Crippen LogP contribution in [0.25, 0.3) is 0 Å². The van der Waals surface area contributed by atoms with Crippen LogP contribution in [0.5, 0.6) is 0 Å². The number of nitrogens with zero attached hydrogens (tertiary/aromatic N) is 2. The third-order valence-corrected chi connectivity index (χ3v) is 2.52. The first-order valence-corrected chi connectivity index (χ1v) is 7.02. The SMILES string of the molecule is CN=C(NCCC(=O)Nc1cccc(C)n1)NC(C)(C)C. The largest absolute Gasteiger partial charge is 0.356 e. The average molecular weight is 291 g/mol. The van der Waals surface area contributed by atoms with E-state index in [9.17, 15) is 4.79 Å². The van der Waals surface area contributed by atoms with Gasteiger partial charge in [-0.1, -0.05) is 6.07 Å². The second-order valence-electron chi connectivity index (χ2n) is 5.84. The van der Waals surface area contributed by atoms with E-state index >= 15 is 0 Å². The highest BCUT2D eigenvalue weighted by molar-refractivity contribution is 5.90. The Hall–Kier alpha value is -2.11. The fourth-order valence-electron chi connectivity index (χ4n) is 1.65. The summed E-state index contributed by atoms with van der Waals surface area (Å²) < 4.78 is 0. The van der Waals surface area contributed by atoms with E-state index in [1.807, 2.05) is 19.1 Å². The summed E-state index contributed by atoms with van der Waals surface area (Å²) in [5.74, 6) is 1.19. The number of hydrogen-bond acceptors (Lipinski definition) is 3. The molecular weight excluding hydrogens is 266 g/mol. The highest BCUT2D eigenvalue weighted by Gasteiger charge is 2.11. The molecule has 0 bridgehead atoms. The summed E-state index contributed by atoms with van der Waals surface area (Å²) in [5.41, 5.74) is 0.802.